The van der Waals surface area contributed by atoms with Crippen molar-refractivity contribution < 1.29 is 9.84 Å². The van der Waals surface area contributed by atoms with Crippen molar-refractivity contribution >= 4 is 5.69 Å². The molecule has 0 saturated carbocycles. The third kappa shape index (κ3) is 6.37. The second-order valence-electron chi connectivity index (χ2n) is 6.63. The van der Waals surface area contributed by atoms with E-state index in [0.29, 0.717) is 5.56 Å². The lowest BCUT2D eigenvalue weighted by molar-refractivity contribution is 0.276. The van der Waals surface area contributed by atoms with Crippen LogP contribution in [0.3, 0.4) is 0 Å². The van der Waals surface area contributed by atoms with Crippen molar-refractivity contribution in [1.29, 1.82) is 5.26 Å². The van der Waals surface area contributed by atoms with Gasteiger partial charge in [-0.1, -0.05) is 56.3 Å². The summed E-state index contributed by atoms with van der Waals surface area (Å²) in [5.41, 5.74) is 4.85. The molecule has 0 fully saturated rings. The average molecular weight is 403 g/mol. The van der Waals surface area contributed by atoms with E-state index >= 15 is 0 Å². The number of anilines is 1. The fourth-order valence-electron chi connectivity index (χ4n) is 3.18. The van der Waals surface area contributed by atoms with Crippen LogP contribution in [0.2, 0.25) is 0 Å². The van der Waals surface area contributed by atoms with Gasteiger partial charge in [-0.15, -0.1) is 0 Å². The molecule has 4 heteroatoms. The summed E-state index contributed by atoms with van der Waals surface area (Å²) in [4.78, 5) is 0. The van der Waals surface area contributed by atoms with Crippen molar-refractivity contribution in [2.45, 2.75) is 32.7 Å². The Morgan fingerprint density at radius 3 is 2.27 bits per heavy atom. The summed E-state index contributed by atoms with van der Waals surface area (Å²) in [6, 6.07) is 25.5. The maximum absolute atomic E-state index is 9.87. The first-order valence-corrected chi connectivity index (χ1v) is 10.3. The molecule has 0 aliphatic heterocycles. The SMILES string of the molecule is CC.COc1cc(C(CO)Nc2ccc(C#N)cc2)ccc1CCc1ccccc1. The number of aryl methyl sites for hydroxylation is 2. The summed E-state index contributed by atoms with van der Waals surface area (Å²) < 4.78 is 5.60. The van der Waals surface area contributed by atoms with Crippen molar-refractivity contribution in [1.82, 2.24) is 0 Å². The Morgan fingerprint density at radius 2 is 1.67 bits per heavy atom. The molecule has 0 amide bonds. The zero-order chi connectivity index (χ0) is 21.8. The molecule has 0 bridgehead atoms. The molecule has 0 spiro atoms. The van der Waals surface area contributed by atoms with Gasteiger partial charge < -0.3 is 15.2 Å². The number of aliphatic hydroxyl groups is 1. The van der Waals surface area contributed by atoms with Crippen LogP contribution < -0.4 is 10.1 Å². The molecule has 0 heterocycles. The quantitative estimate of drug-likeness (QED) is 0.520. The minimum absolute atomic E-state index is 0.0491. The molecule has 1 atom stereocenters. The van der Waals surface area contributed by atoms with Crippen molar-refractivity contribution in [2.75, 3.05) is 19.0 Å². The van der Waals surface area contributed by atoms with Gasteiger partial charge in [-0.3, -0.25) is 0 Å². The first kappa shape index (κ1) is 23.0. The number of hydrogen-bond acceptors (Lipinski definition) is 4. The standard InChI is InChI=1S/C24H24N2O2.C2H6/c1-28-24-15-21(12-11-20(24)10-7-18-5-3-2-4-6-18)23(17-27)26-22-13-8-19(16-25)9-14-22;1-2/h2-6,8-9,11-15,23,26-27H,7,10,17H2,1H3;1-2H3. The number of methoxy groups -OCH3 is 1. The lowest BCUT2D eigenvalue weighted by Crippen LogP contribution is -2.15. The highest BCUT2D eigenvalue weighted by Gasteiger charge is 2.13. The molecule has 0 radical (unpaired) electrons. The van der Waals surface area contributed by atoms with E-state index in [4.69, 9.17) is 10.00 Å². The summed E-state index contributed by atoms with van der Waals surface area (Å²) in [7, 11) is 1.67. The fourth-order valence-corrected chi connectivity index (χ4v) is 3.18. The minimum Gasteiger partial charge on any atom is -0.496 e. The first-order chi connectivity index (χ1) is 14.7. The van der Waals surface area contributed by atoms with E-state index in [1.54, 1.807) is 19.2 Å². The molecule has 3 rings (SSSR count). The molecule has 3 aromatic carbocycles. The van der Waals surface area contributed by atoms with Crippen LogP contribution >= 0.6 is 0 Å². The van der Waals surface area contributed by atoms with Crippen molar-refractivity contribution in [3.8, 4) is 11.8 Å². The Labute approximate surface area is 179 Å². The van der Waals surface area contributed by atoms with Crippen LogP contribution in [0.25, 0.3) is 0 Å². The maximum Gasteiger partial charge on any atom is 0.122 e. The Bertz CT molecular complexity index is 931. The molecule has 1 unspecified atom stereocenters. The van der Waals surface area contributed by atoms with Gasteiger partial charge in [0, 0.05) is 5.69 Å². The number of rotatable bonds is 8. The molecule has 0 aromatic heterocycles. The van der Waals surface area contributed by atoms with Gasteiger partial charge in [0.05, 0.1) is 31.4 Å². The van der Waals surface area contributed by atoms with Gasteiger partial charge in [-0.2, -0.15) is 5.26 Å². The average Bonchev–Trinajstić information content (AvgIpc) is 2.83. The largest absolute Gasteiger partial charge is 0.496 e. The monoisotopic (exact) mass is 402 g/mol. The Kier molecular flexibility index (Phi) is 9.44. The smallest absolute Gasteiger partial charge is 0.122 e. The van der Waals surface area contributed by atoms with Gasteiger partial charge in [-0.25, -0.2) is 0 Å². The summed E-state index contributed by atoms with van der Waals surface area (Å²) in [6.07, 6.45) is 1.84. The lowest BCUT2D eigenvalue weighted by atomic mass is 9.99. The normalized spacial score (nSPS) is 10.9. The van der Waals surface area contributed by atoms with Gasteiger partial charge in [0.25, 0.3) is 0 Å². The number of aliphatic hydroxyl groups excluding tert-OH is 1. The third-order valence-corrected chi connectivity index (χ3v) is 4.78. The van der Waals surface area contributed by atoms with Gasteiger partial charge in [-0.05, 0) is 59.9 Å². The number of nitrogens with zero attached hydrogens (tertiary/aromatic N) is 1. The molecule has 0 aliphatic rings. The summed E-state index contributed by atoms with van der Waals surface area (Å²) in [5.74, 6) is 0.827. The zero-order valence-corrected chi connectivity index (χ0v) is 17.9. The van der Waals surface area contributed by atoms with E-state index in [1.165, 1.54) is 5.56 Å². The topological polar surface area (TPSA) is 65.3 Å². The molecule has 30 heavy (non-hydrogen) atoms. The van der Waals surface area contributed by atoms with Gasteiger partial charge in [0.2, 0.25) is 0 Å². The lowest BCUT2D eigenvalue weighted by Gasteiger charge is -2.20. The van der Waals surface area contributed by atoms with Crippen molar-refractivity contribution in [3.05, 3.63) is 95.1 Å². The van der Waals surface area contributed by atoms with Crippen molar-refractivity contribution in [3.63, 3.8) is 0 Å². The van der Waals surface area contributed by atoms with Crippen molar-refractivity contribution in [2.24, 2.45) is 0 Å². The van der Waals surface area contributed by atoms with Crippen LogP contribution in [-0.2, 0) is 12.8 Å². The molecule has 0 saturated heterocycles. The number of nitriles is 1. The summed E-state index contributed by atoms with van der Waals surface area (Å²) >= 11 is 0. The number of ether oxygens (including phenoxy) is 1. The molecule has 3 aromatic rings. The highest BCUT2D eigenvalue weighted by Crippen LogP contribution is 2.27. The number of benzene rings is 3. The number of nitrogens with one attached hydrogen (secondary N) is 1. The van der Waals surface area contributed by atoms with E-state index in [0.717, 1.165) is 35.4 Å². The third-order valence-electron chi connectivity index (χ3n) is 4.78. The molecule has 0 aliphatic carbocycles. The highest BCUT2D eigenvalue weighted by atomic mass is 16.5. The predicted octanol–water partition coefficient (Wildman–Crippen LogP) is 5.52. The molecular formula is C26H30N2O2. The fraction of sp³-hybridized carbons (Fsp3) is 0.269. The molecular weight excluding hydrogens is 372 g/mol. The Balaban J connectivity index is 0.00000155. The Morgan fingerprint density at radius 1 is 0.967 bits per heavy atom. The second-order valence-corrected chi connectivity index (χ2v) is 6.63. The van der Waals surface area contributed by atoms with Crippen LogP contribution in [0.4, 0.5) is 5.69 Å². The van der Waals surface area contributed by atoms with E-state index in [-0.39, 0.29) is 12.6 Å². The van der Waals surface area contributed by atoms with Gasteiger partial charge in [0.15, 0.2) is 0 Å². The minimum atomic E-state index is -0.259. The maximum atomic E-state index is 9.87. The first-order valence-electron chi connectivity index (χ1n) is 10.3. The summed E-state index contributed by atoms with van der Waals surface area (Å²) in [5, 5.41) is 22.1. The van der Waals surface area contributed by atoms with Crippen LogP contribution in [0.1, 0.15) is 42.1 Å². The van der Waals surface area contributed by atoms with Crippen LogP contribution in [0.15, 0.2) is 72.8 Å². The Hall–Kier alpha value is -3.29. The summed E-state index contributed by atoms with van der Waals surface area (Å²) in [6.45, 7) is 3.95. The van der Waals surface area contributed by atoms with Gasteiger partial charge in [0.1, 0.15) is 5.75 Å². The van der Waals surface area contributed by atoms with E-state index in [9.17, 15) is 5.11 Å². The van der Waals surface area contributed by atoms with Crippen LogP contribution in [-0.4, -0.2) is 18.8 Å². The second kappa shape index (κ2) is 12.3. The molecule has 2 N–H and O–H groups in total. The molecule has 156 valence electrons. The van der Waals surface area contributed by atoms with E-state index in [1.807, 2.05) is 44.2 Å². The van der Waals surface area contributed by atoms with E-state index in [2.05, 4.69) is 41.7 Å². The van der Waals surface area contributed by atoms with Crippen LogP contribution in [0.5, 0.6) is 5.75 Å². The van der Waals surface area contributed by atoms with Crippen LogP contribution in [0, 0.1) is 11.3 Å². The van der Waals surface area contributed by atoms with E-state index < -0.39 is 0 Å². The number of hydrogen-bond donors (Lipinski definition) is 2. The predicted molar refractivity (Wildman–Crippen MR) is 123 cm³/mol. The van der Waals surface area contributed by atoms with Gasteiger partial charge >= 0.3 is 0 Å². The zero-order valence-electron chi connectivity index (χ0n) is 17.9. The molecule has 4 nitrogen and oxygen atoms in total. The highest BCUT2D eigenvalue weighted by molar-refractivity contribution is 5.50.